The highest BCUT2D eigenvalue weighted by atomic mass is 19.1. The third-order valence-corrected chi connectivity index (χ3v) is 3.70. The third-order valence-electron chi connectivity index (χ3n) is 3.70. The van der Waals surface area contributed by atoms with Gasteiger partial charge >= 0.3 is 0 Å². The van der Waals surface area contributed by atoms with E-state index in [-0.39, 0.29) is 29.5 Å². The number of benzene rings is 1. The SMILES string of the molecule is COCCNC(=O)C1CC1C(=O)NCCc1ccc(F)cc1. The number of amides is 2. The van der Waals surface area contributed by atoms with E-state index in [1.165, 1.54) is 12.1 Å². The molecule has 0 aliphatic heterocycles. The van der Waals surface area contributed by atoms with Crippen molar-refractivity contribution in [3.05, 3.63) is 35.6 Å². The highest BCUT2D eigenvalue weighted by Crippen LogP contribution is 2.38. The van der Waals surface area contributed by atoms with Gasteiger partial charge in [-0.25, -0.2) is 4.39 Å². The van der Waals surface area contributed by atoms with Crippen LogP contribution in [0.25, 0.3) is 0 Å². The van der Waals surface area contributed by atoms with Crippen molar-refractivity contribution in [3.63, 3.8) is 0 Å². The van der Waals surface area contributed by atoms with E-state index >= 15 is 0 Å². The molecule has 1 aliphatic rings. The van der Waals surface area contributed by atoms with Crippen molar-refractivity contribution in [1.29, 1.82) is 0 Å². The van der Waals surface area contributed by atoms with Gasteiger partial charge in [0.25, 0.3) is 0 Å². The Morgan fingerprint density at radius 3 is 2.32 bits per heavy atom. The first-order valence-corrected chi connectivity index (χ1v) is 7.40. The molecule has 0 radical (unpaired) electrons. The van der Waals surface area contributed by atoms with Crippen LogP contribution in [0.15, 0.2) is 24.3 Å². The fraction of sp³-hybridized carbons (Fsp3) is 0.500. The monoisotopic (exact) mass is 308 g/mol. The van der Waals surface area contributed by atoms with Gasteiger partial charge in [-0.05, 0) is 30.5 Å². The maximum absolute atomic E-state index is 12.8. The Kier molecular flexibility index (Phi) is 5.89. The van der Waals surface area contributed by atoms with Crippen LogP contribution in [0.3, 0.4) is 0 Å². The van der Waals surface area contributed by atoms with Gasteiger partial charge in [0.15, 0.2) is 0 Å². The number of ether oxygens (including phenoxy) is 1. The molecule has 5 nitrogen and oxygen atoms in total. The molecule has 2 atom stereocenters. The lowest BCUT2D eigenvalue weighted by atomic mass is 10.1. The predicted octanol–water partition coefficient (Wildman–Crippen LogP) is 0.883. The largest absolute Gasteiger partial charge is 0.383 e. The number of carbonyl (C=O) groups excluding carboxylic acids is 2. The van der Waals surface area contributed by atoms with Gasteiger partial charge in [0.2, 0.25) is 11.8 Å². The second-order valence-electron chi connectivity index (χ2n) is 5.40. The number of hydrogen-bond donors (Lipinski definition) is 2. The Morgan fingerprint density at radius 2 is 1.73 bits per heavy atom. The third kappa shape index (κ3) is 4.80. The van der Waals surface area contributed by atoms with E-state index in [9.17, 15) is 14.0 Å². The molecule has 0 spiro atoms. The van der Waals surface area contributed by atoms with Crippen LogP contribution in [0.1, 0.15) is 12.0 Å². The van der Waals surface area contributed by atoms with Crippen molar-refractivity contribution in [3.8, 4) is 0 Å². The molecule has 0 bridgehead atoms. The van der Waals surface area contributed by atoms with Crippen LogP contribution in [-0.4, -0.2) is 38.6 Å². The van der Waals surface area contributed by atoms with Crippen LogP contribution in [-0.2, 0) is 20.7 Å². The lowest BCUT2D eigenvalue weighted by molar-refractivity contribution is -0.127. The van der Waals surface area contributed by atoms with E-state index in [2.05, 4.69) is 10.6 Å². The van der Waals surface area contributed by atoms with Gasteiger partial charge in [0.1, 0.15) is 5.82 Å². The number of nitrogens with one attached hydrogen (secondary N) is 2. The number of halogens is 1. The van der Waals surface area contributed by atoms with Crippen LogP contribution in [0, 0.1) is 17.7 Å². The van der Waals surface area contributed by atoms with Crippen LogP contribution in [0.2, 0.25) is 0 Å². The van der Waals surface area contributed by atoms with Gasteiger partial charge in [-0.15, -0.1) is 0 Å². The summed E-state index contributed by atoms with van der Waals surface area (Å²) in [5.74, 6) is -0.892. The zero-order valence-corrected chi connectivity index (χ0v) is 12.6. The van der Waals surface area contributed by atoms with E-state index in [4.69, 9.17) is 4.74 Å². The average Bonchev–Trinajstić information content (AvgIpc) is 3.30. The molecular formula is C16H21FN2O3. The summed E-state index contributed by atoms with van der Waals surface area (Å²) < 4.78 is 17.6. The summed E-state index contributed by atoms with van der Waals surface area (Å²) in [5.41, 5.74) is 0.964. The second-order valence-corrected chi connectivity index (χ2v) is 5.40. The fourth-order valence-electron chi connectivity index (χ4n) is 2.29. The first-order valence-electron chi connectivity index (χ1n) is 7.40. The molecule has 0 heterocycles. The maximum Gasteiger partial charge on any atom is 0.224 e. The van der Waals surface area contributed by atoms with Crippen molar-refractivity contribution >= 4 is 11.8 Å². The summed E-state index contributed by atoms with van der Waals surface area (Å²) in [6.07, 6.45) is 1.24. The minimum absolute atomic E-state index is 0.0873. The number of methoxy groups -OCH3 is 1. The van der Waals surface area contributed by atoms with Gasteiger partial charge in [0.05, 0.1) is 18.4 Å². The molecule has 1 aromatic rings. The second kappa shape index (κ2) is 7.89. The molecule has 120 valence electrons. The Morgan fingerprint density at radius 1 is 1.14 bits per heavy atom. The molecular weight excluding hydrogens is 287 g/mol. The smallest absolute Gasteiger partial charge is 0.224 e. The summed E-state index contributed by atoms with van der Waals surface area (Å²) in [5, 5.41) is 5.56. The normalized spacial score (nSPS) is 19.5. The van der Waals surface area contributed by atoms with Crippen LogP contribution < -0.4 is 10.6 Å². The molecule has 2 N–H and O–H groups in total. The zero-order chi connectivity index (χ0) is 15.9. The summed E-state index contributed by atoms with van der Waals surface area (Å²) in [7, 11) is 1.57. The zero-order valence-electron chi connectivity index (χ0n) is 12.6. The summed E-state index contributed by atoms with van der Waals surface area (Å²) in [6, 6.07) is 6.20. The quantitative estimate of drug-likeness (QED) is 0.701. The molecule has 1 saturated carbocycles. The van der Waals surface area contributed by atoms with Crippen molar-refractivity contribution in [2.75, 3.05) is 26.8 Å². The van der Waals surface area contributed by atoms with Crippen molar-refractivity contribution < 1.29 is 18.7 Å². The molecule has 0 saturated heterocycles. The Bertz CT molecular complexity index is 519. The maximum atomic E-state index is 12.8. The van der Waals surface area contributed by atoms with Gasteiger partial charge < -0.3 is 15.4 Å². The molecule has 1 aromatic carbocycles. The average molecular weight is 308 g/mol. The molecule has 6 heteroatoms. The van der Waals surface area contributed by atoms with Crippen molar-refractivity contribution in [1.82, 2.24) is 10.6 Å². The minimum Gasteiger partial charge on any atom is -0.383 e. The Labute approximate surface area is 129 Å². The topological polar surface area (TPSA) is 67.4 Å². The highest BCUT2D eigenvalue weighted by molar-refractivity contribution is 5.92. The van der Waals surface area contributed by atoms with Gasteiger partial charge in [-0.3, -0.25) is 9.59 Å². The summed E-state index contributed by atoms with van der Waals surface area (Å²) in [6.45, 7) is 1.41. The number of hydrogen-bond acceptors (Lipinski definition) is 3. The van der Waals surface area contributed by atoms with E-state index in [1.54, 1.807) is 19.2 Å². The molecule has 22 heavy (non-hydrogen) atoms. The molecule has 2 rings (SSSR count). The lowest BCUT2D eigenvalue weighted by Gasteiger charge is -2.06. The van der Waals surface area contributed by atoms with Gasteiger partial charge in [-0.2, -0.15) is 0 Å². The van der Waals surface area contributed by atoms with E-state index < -0.39 is 0 Å². The van der Waals surface area contributed by atoms with Gasteiger partial charge in [-0.1, -0.05) is 12.1 Å². The van der Waals surface area contributed by atoms with E-state index in [0.29, 0.717) is 32.5 Å². The predicted molar refractivity (Wildman–Crippen MR) is 79.6 cm³/mol. The minimum atomic E-state index is -0.270. The standard InChI is InChI=1S/C16H21FN2O3/c1-22-9-8-19-16(21)14-10-13(14)15(20)18-7-6-11-2-4-12(17)5-3-11/h2-5,13-14H,6-10H2,1H3,(H,18,20)(H,19,21). The molecule has 1 fully saturated rings. The number of carbonyl (C=O) groups is 2. The van der Waals surface area contributed by atoms with Crippen molar-refractivity contribution in [2.24, 2.45) is 11.8 Å². The van der Waals surface area contributed by atoms with Crippen LogP contribution >= 0.6 is 0 Å². The van der Waals surface area contributed by atoms with E-state index in [0.717, 1.165) is 5.56 Å². The first-order chi connectivity index (χ1) is 10.6. The summed E-state index contributed by atoms with van der Waals surface area (Å²) in [4.78, 5) is 23.7. The van der Waals surface area contributed by atoms with Crippen LogP contribution in [0.5, 0.6) is 0 Å². The molecule has 2 unspecified atom stereocenters. The highest BCUT2D eigenvalue weighted by Gasteiger charge is 2.47. The molecule has 0 aromatic heterocycles. The van der Waals surface area contributed by atoms with Crippen LogP contribution in [0.4, 0.5) is 4.39 Å². The summed E-state index contributed by atoms with van der Waals surface area (Å²) >= 11 is 0. The van der Waals surface area contributed by atoms with Gasteiger partial charge in [0, 0.05) is 20.2 Å². The molecule has 2 amide bonds. The molecule has 1 aliphatic carbocycles. The number of rotatable bonds is 8. The van der Waals surface area contributed by atoms with Crippen molar-refractivity contribution in [2.45, 2.75) is 12.8 Å². The first kappa shape index (κ1) is 16.4. The lowest BCUT2D eigenvalue weighted by Crippen LogP contribution is -2.32. The Hall–Kier alpha value is -1.95. The fourth-order valence-corrected chi connectivity index (χ4v) is 2.29. The Balaban J connectivity index is 1.64. The van der Waals surface area contributed by atoms with E-state index in [1.807, 2.05) is 0 Å².